The van der Waals surface area contributed by atoms with Gasteiger partial charge < -0.3 is 5.32 Å². The van der Waals surface area contributed by atoms with Gasteiger partial charge in [-0.1, -0.05) is 25.1 Å². The lowest BCUT2D eigenvalue weighted by Crippen LogP contribution is -2.18. The van der Waals surface area contributed by atoms with Gasteiger partial charge >= 0.3 is 0 Å². The highest BCUT2D eigenvalue weighted by atomic mass is 32.1. The standard InChI is InChI=1S/C16H19NS/c1-3-17-15-8-7-12-13(15)5-4-6-14(12)16-11(2)9-10-18-16/h4-6,9-10,15,17H,3,7-8H2,1-2H3. The minimum absolute atomic E-state index is 0.560. The van der Waals surface area contributed by atoms with Gasteiger partial charge in [-0.25, -0.2) is 0 Å². The van der Waals surface area contributed by atoms with Crippen LogP contribution in [0.5, 0.6) is 0 Å². The van der Waals surface area contributed by atoms with Crippen molar-refractivity contribution in [2.75, 3.05) is 6.54 Å². The van der Waals surface area contributed by atoms with E-state index in [4.69, 9.17) is 0 Å². The lowest BCUT2D eigenvalue weighted by atomic mass is 9.99. The third kappa shape index (κ3) is 1.90. The van der Waals surface area contributed by atoms with E-state index in [1.54, 1.807) is 5.56 Å². The zero-order chi connectivity index (χ0) is 12.5. The highest BCUT2D eigenvalue weighted by Gasteiger charge is 2.24. The predicted molar refractivity (Wildman–Crippen MR) is 79.2 cm³/mol. The predicted octanol–water partition coefficient (Wildman–Crippen LogP) is 4.32. The lowest BCUT2D eigenvalue weighted by Gasteiger charge is -2.13. The van der Waals surface area contributed by atoms with Crippen LogP contribution in [0.25, 0.3) is 10.4 Å². The second-order valence-corrected chi connectivity index (χ2v) is 5.87. The van der Waals surface area contributed by atoms with Crippen LogP contribution in [0.2, 0.25) is 0 Å². The zero-order valence-corrected chi connectivity index (χ0v) is 11.8. The monoisotopic (exact) mass is 257 g/mol. The zero-order valence-electron chi connectivity index (χ0n) is 11.0. The molecule has 0 amide bonds. The summed E-state index contributed by atoms with van der Waals surface area (Å²) in [5.74, 6) is 0. The summed E-state index contributed by atoms with van der Waals surface area (Å²) in [6.07, 6.45) is 2.45. The number of rotatable bonds is 3. The van der Waals surface area contributed by atoms with Crippen molar-refractivity contribution < 1.29 is 0 Å². The maximum atomic E-state index is 3.59. The molecule has 1 aliphatic rings. The molecule has 1 aliphatic carbocycles. The van der Waals surface area contributed by atoms with E-state index in [9.17, 15) is 0 Å². The van der Waals surface area contributed by atoms with Crippen LogP contribution in [-0.2, 0) is 6.42 Å². The van der Waals surface area contributed by atoms with Gasteiger partial charge in [0.1, 0.15) is 0 Å². The van der Waals surface area contributed by atoms with Crippen molar-refractivity contribution in [2.45, 2.75) is 32.7 Å². The molecule has 0 radical (unpaired) electrons. The van der Waals surface area contributed by atoms with E-state index < -0.39 is 0 Å². The van der Waals surface area contributed by atoms with Crippen molar-refractivity contribution in [1.82, 2.24) is 5.32 Å². The lowest BCUT2D eigenvalue weighted by molar-refractivity contribution is 0.549. The Morgan fingerprint density at radius 2 is 2.22 bits per heavy atom. The van der Waals surface area contributed by atoms with Crippen LogP contribution in [0, 0.1) is 6.92 Å². The number of nitrogens with one attached hydrogen (secondary N) is 1. The Hall–Kier alpha value is -1.12. The van der Waals surface area contributed by atoms with Crippen LogP contribution in [-0.4, -0.2) is 6.54 Å². The third-order valence-electron chi connectivity index (χ3n) is 3.83. The van der Waals surface area contributed by atoms with Crippen LogP contribution in [0.3, 0.4) is 0 Å². The van der Waals surface area contributed by atoms with Crippen molar-refractivity contribution in [1.29, 1.82) is 0 Å². The van der Waals surface area contributed by atoms with Crippen molar-refractivity contribution in [3.8, 4) is 10.4 Å². The van der Waals surface area contributed by atoms with E-state index in [2.05, 4.69) is 48.8 Å². The van der Waals surface area contributed by atoms with E-state index in [1.807, 2.05) is 11.3 Å². The Bertz CT molecular complexity index is 556. The molecule has 1 aromatic carbocycles. The van der Waals surface area contributed by atoms with Crippen LogP contribution < -0.4 is 5.32 Å². The van der Waals surface area contributed by atoms with Gasteiger partial charge in [-0.3, -0.25) is 0 Å². The molecule has 1 nitrogen and oxygen atoms in total. The first kappa shape index (κ1) is 11.9. The number of fused-ring (bicyclic) bond motifs is 1. The largest absolute Gasteiger partial charge is 0.310 e. The van der Waals surface area contributed by atoms with E-state index >= 15 is 0 Å². The van der Waals surface area contributed by atoms with Gasteiger partial charge in [-0.15, -0.1) is 11.3 Å². The first-order valence-corrected chi connectivity index (χ1v) is 7.59. The Morgan fingerprint density at radius 3 is 2.94 bits per heavy atom. The highest BCUT2D eigenvalue weighted by molar-refractivity contribution is 7.13. The summed E-state index contributed by atoms with van der Waals surface area (Å²) in [4.78, 5) is 1.45. The minimum Gasteiger partial charge on any atom is -0.310 e. The molecule has 18 heavy (non-hydrogen) atoms. The van der Waals surface area contributed by atoms with E-state index in [-0.39, 0.29) is 0 Å². The normalized spacial score (nSPS) is 18.0. The molecule has 0 saturated carbocycles. The van der Waals surface area contributed by atoms with Gasteiger partial charge in [0.15, 0.2) is 0 Å². The molecule has 2 aromatic rings. The van der Waals surface area contributed by atoms with Crippen molar-refractivity contribution in [3.63, 3.8) is 0 Å². The van der Waals surface area contributed by atoms with E-state index in [0.29, 0.717) is 6.04 Å². The number of hydrogen-bond acceptors (Lipinski definition) is 2. The maximum Gasteiger partial charge on any atom is 0.0374 e. The van der Waals surface area contributed by atoms with Crippen LogP contribution in [0.15, 0.2) is 29.6 Å². The Balaban J connectivity index is 2.07. The summed E-state index contributed by atoms with van der Waals surface area (Å²) < 4.78 is 0. The van der Waals surface area contributed by atoms with Crippen LogP contribution in [0.1, 0.15) is 36.1 Å². The molecule has 0 saturated heterocycles. The van der Waals surface area contributed by atoms with Crippen molar-refractivity contribution >= 4 is 11.3 Å². The summed E-state index contributed by atoms with van der Waals surface area (Å²) in [6.45, 7) is 5.44. The van der Waals surface area contributed by atoms with Crippen molar-refractivity contribution in [3.05, 3.63) is 46.3 Å². The third-order valence-corrected chi connectivity index (χ3v) is 4.88. The summed E-state index contributed by atoms with van der Waals surface area (Å²) in [7, 11) is 0. The quantitative estimate of drug-likeness (QED) is 0.863. The maximum absolute atomic E-state index is 3.59. The van der Waals surface area contributed by atoms with E-state index in [0.717, 1.165) is 6.54 Å². The van der Waals surface area contributed by atoms with Gasteiger partial charge in [0.05, 0.1) is 0 Å². The first-order chi connectivity index (χ1) is 8.81. The van der Waals surface area contributed by atoms with Crippen LogP contribution >= 0.6 is 11.3 Å². The van der Waals surface area contributed by atoms with Gasteiger partial charge in [-0.05, 0) is 60.0 Å². The summed E-state index contributed by atoms with van der Waals surface area (Å²) in [6, 6.07) is 9.57. The van der Waals surface area contributed by atoms with Crippen LogP contribution in [0.4, 0.5) is 0 Å². The fraction of sp³-hybridized carbons (Fsp3) is 0.375. The average Bonchev–Trinajstić information content (AvgIpc) is 2.97. The topological polar surface area (TPSA) is 12.0 Å². The summed E-state index contributed by atoms with van der Waals surface area (Å²) >= 11 is 1.86. The average molecular weight is 257 g/mol. The fourth-order valence-corrected chi connectivity index (χ4v) is 3.95. The summed E-state index contributed by atoms with van der Waals surface area (Å²) in [5.41, 5.74) is 5.94. The molecule has 1 N–H and O–H groups in total. The van der Waals surface area contributed by atoms with Gasteiger partial charge in [0.25, 0.3) is 0 Å². The highest BCUT2D eigenvalue weighted by Crippen LogP contribution is 2.40. The second-order valence-electron chi connectivity index (χ2n) is 4.96. The second kappa shape index (κ2) is 4.87. The molecule has 1 unspecified atom stereocenters. The van der Waals surface area contributed by atoms with Gasteiger partial charge in [0.2, 0.25) is 0 Å². The smallest absolute Gasteiger partial charge is 0.0374 e. The molecular weight excluding hydrogens is 238 g/mol. The molecule has 94 valence electrons. The number of thiophene rings is 1. The first-order valence-electron chi connectivity index (χ1n) is 6.71. The number of hydrogen-bond donors (Lipinski definition) is 1. The fourth-order valence-electron chi connectivity index (χ4n) is 2.97. The Morgan fingerprint density at radius 1 is 1.33 bits per heavy atom. The molecule has 0 aliphatic heterocycles. The van der Waals surface area contributed by atoms with E-state index in [1.165, 1.54) is 34.4 Å². The SMILES string of the molecule is CCNC1CCc2c(-c3sccc3C)cccc21. The molecule has 3 rings (SSSR count). The molecule has 0 spiro atoms. The molecule has 0 bridgehead atoms. The molecular formula is C16H19NS. The summed E-state index contributed by atoms with van der Waals surface area (Å²) in [5, 5.41) is 5.79. The molecule has 1 atom stereocenters. The Kier molecular flexibility index (Phi) is 3.23. The van der Waals surface area contributed by atoms with Gasteiger partial charge in [-0.2, -0.15) is 0 Å². The number of benzene rings is 1. The molecule has 2 heteroatoms. The van der Waals surface area contributed by atoms with Crippen molar-refractivity contribution in [2.24, 2.45) is 0 Å². The molecule has 1 aromatic heterocycles. The molecule has 0 fully saturated rings. The number of aryl methyl sites for hydroxylation is 1. The Labute approximate surface area is 113 Å². The van der Waals surface area contributed by atoms with Gasteiger partial charge in [0, 0.05) is 10.9 Å². The minimum atomic E-state index is 0.560. The molecule has 1 heterocycles.